The quantitative estimate of drug-likeness (QED) is 0.0426. The van der Waals surface area contributed by atoms with E-state index in [0.29, 0.717) is 32.5 Å². The number of unbranched alkanes of at least 4 members (excludes halogenated alkanes) is 19. The standard InChI is InChI=1S/C39H70O4/c1-3-5-7-9-11-13-15-17-19-21-23-25-27-29-31-34-38(40)42-36-33-37-43-39(41)35-32-30-28-26-24-22-20-18-16-14-12-10-8-6-4-2/h11,13,17-20H,3-10,12,14-16,21-37H2,1-2H3/b13-11-,19-17-,20-18-. The van der Waals surface area contributed by atoms with Gasteiger partial charge in [0.2, 0.25) is 0 Å². The monoisotopic (exact) mass is 603 g/mol. The summed E-state index contributed by atoms with van der Waals surface area (Å²) in [7, 11) is 0. The first-order chi connectivity index (χ1) is 21.2. The summed E-state index contributed by atoms with van der Waals surface area (Å²) >= 11 is 0. The zero-order valence-electron chi connectivity index (χ0n) is 28.6. The molecule has 0 bridgehead atoms. The Balaban J connectivity index is 3.36. The van der Waals surface area contributed by atoms with Crippen LogP contribution in [0, 0.1) is 0 Å². The van der Waals surface area contributed by atoms with Gasteiger partial charge in [0.25, 0.3) is 0 Å². The molecule has 250 valence electrons. The van der Waals surface area contributed by atoms with Crippen LogP contribution < -0.4 is 0 Å². The molecule has 0 amide bonds. The third kappa shape index (κ3) is 36.3. The second kappa shape index (κ2) is 36.4. The van der Waals surface area contributed by atoms with E-state index in [9.17, 15) is 9.59 Å². The predicted molar refractivity (Wildman–Crippen MR) is 185 cm³/mol. The van der Waals surface area contributed by atoms with Crippen molar-refractivity contribution in [1.82, 2.24) is 0 Å². The zero-order valence-corrected chi connectivity index (χ0v) is 28.6. The number of hydrogen-bond acceptors (Lipinski definition) is 4. The number of ether oxygens (including phenoxy) is 2. The summed E-state index contributed by atoms with van der Waals surface area (Å²) in [6.07, 6.45) is 44.6. The molecule has 0 aromatic carbocycles. The average molecular weight is 603 g/mol. The summed E-state index contributed by atoms with van der Waals surface area (Å²) in [5, 5.41) is 0. The lowest BCUT2D eigenvalue weighted by molar-refractivity contribution is -0.146. The van der Waals surface area contributed by atoms with Crippen molar-refractivity contribution >= 4 is 11.9 Å². The minimum absolute atomic E-state index is 0.130. The fourth-order valence-corrected chi connectivity index (χ4v) is 5.00. The summed E-state index contributed by atoms with van der Waals surface area (Å²) < 4.78 is 10.6. The van der Waals surface area contributed by atoms with E-state index in [2.05, 4.69) is 50.3 Å². The summed E-state index contributed by atoms with van der Waals surface area (Å²) in [5.41, 5.74) is 0. The van der Waals surface area contributed by atoms with Gasteiger partial charge in [-0.15, -0.1) is 0 Å². The first kappa shape index (κ1) is 41.2. The highest BCUT2D eigenvalue weighted by Crippen LogP contribution is 2.11. The van der Waals surface area contributed by atoms with E-state index in [1.54, 1.807) is 0 Å². The molecular formula is C39H70O4. The Hall–Kier alpha value is -1.84. The van der Waals surface area contributed by atoms with Crippen molar-refractivity contribution in [3.63, 3.8) is 0 Å². The van der Waals surface area contributed by atoms with Crippen molar-refractivity contribution in [1.29, 1.82) is 0 Å². The van der Waals surface area contributed by atoms with Crippen molar-refractivity contribution in [3.05, 3.63) is 36.5 Å². The maximum Gasteiger partial charge on any atom is 0.305 e. The van der Waals surface area contributed by atoms with E-state index in [0.717, 1.165) is 38.5 Å². The van der Waals surface area contributed by atoms with Crippen LogP contribution in [0.3, 0.4) is 0 Å². The second-order valence-corrected chi connectivity index (χ2v) is 12.1. The fraction of sp³-hybridized carbons (Fsp3) is 0.795. The van der Waals surface area contributed by atoms with Crippen molar-refractivity contribution < 1.29 is 19.1 Å². The molecule has 0 spiro atoms. The van der Waals surface area contributed by atoms with Crippen molar-refractivity contribution in [3.8, 4) is 0 Å². The predicted octanol–water partition coefficient (Wildman–Crippen LogP) is 12.3. The lowest BCUT2D eigenvalue weighted by atomic mass is 10.1. The van der Waals surface area contributed by atoms with Gasteiger partial charge in [0.05, 0.1) is 13.2 Å². The number of carbonyl (C=O) groups is 2. The smallest absolute Gasteiger partial charge is 0.305 e. The van der Waals surface area contributed by atoms with Gasteiger partial charge < -0.3 is 9.47 Å². The van der Waals surface area contributed by atoms with Crippen LogP contribution in [0.15, 0.2) is 36.5 Å². The fourth-order valence-electron chi connectivity index (χ4n) is 5.00. The van der Waals surface area contributed by atoms with Crippen LogP contribution in [0.4, 0.5) is 0 Å². The zero-order chi connectivity index (χ0) is 31.3. The molecule has 0 radical (unpaired) electrons. The molecule has 43 heavy (non-hydrogen) atoms. The second-order valence-electron chi connectivity index (χ2n) is 12.1. The molecule has 0 heterocycles. The van der Waals surface area contributed by atoms with Gasteiger partial charge in [0.1, 0.15) is 0 Å². The van der Waals surface area contributed by atoms with E-state index in [4.69, 9.17) is 9.47 Å². The molecule has 0 atom stereocenters. The number of allylic oxidation sites excluding steroid dienone is 6. The maximum atomic E-state index is 11.9. The van der Waals surface area contributed by atoms with E-state index in [1.807, 2.05) is 0 Å². The van der Waals surface area contributed by atoms with Crippen molar-refractivity contribution in [2.45, 2.75) is 187 Å². The Labute approximate surface area is 267 Å². The van der Waals surface area contributed by atoms with Crippen LogP contribution >= 0.6 is 0 Å². The van der Waals surface area contributed by atoms with Crippen LogP contribution in [0.25, 0.3) is 0 Å². The molecule has 0 saturated heterocycles. The molecule has 4 nitrogen and oxygen atoms in total. The minimum atomic E-state index is -0.134. The van der Waals surface area contributed by atoms with Crippen LogP contribution in [-0.2, 0) is 19.1 Å². The van der Waals surface area contributed by atoms with E-state index in [-0.39, 0.29) is 11.9 Å². The molecule has 0 aliphatic heterocycles. The summed E-state index contributed by atoms with van der Waals surface area (Å²) in [6.45, 7) is 5.17. The Morgan fingerprint density at radius 2 is 0.721 bits per heavy atom. The molecule has 0 fully saturated rings. The minimum Gasteiger partial charge on any atom is -0.466 e. The average Bonchev–Trinajstić information content (AvgIpc) is 3.00. The first-order valence-corrected chi connectivity index (χ1v) is 18.5. The molecule has 0 saturated carbocycles. The Morgan fingerprint density at radius 3 is 1.16 bits per heavy atom. The highest BCUT2D eigenvalue weighted by atomic mass is 16.5. The number of hydrogen-bond donors (Lipinski definition) is 0. The Bertz CT molecular complexity index is 679. The molecular weight excluding hydrogens is 532 g/mol. The van der Waals surface area contributed by atoms with E-state index < -0.39 is 0 Å². The molecule has 0 aliphatic rings. The summed E-state index contributed by atoms with van der Waals surface area (Å²) in [5.74, 6) is -0.264. The molecule has 0 N–H and O–H groups in total. The lowest BCUT2D eigenvalue weighted by Gasteiger charge is -2.06. The lowest BCUT2D eigenvalue weighted by Crippen LogP contribution is -2.10. The van der Waals surface area contributed by atoms with Crippen molar-refractivity contribution in [2.75, 3.05) is 13.2 Å². The third-order valence-electron chi connectivity index (χ3n) is 7.79. The van der Waals surface area contributed by atoms with Gasteiger partial charge in [-0.3, -0.25) is 9.59 Å². The third-order valence-corrected chi connectivity index (χ3v) is 7.79. The van der Waals surface area contributed by atoms with Crippen LogP contribution in [0.2, 0.25) is 0 Å². The van der Waals surface area contributed by atoms with E-state index in [1.165, 1.54) is 116 Å². The molecule has 0 aromatic rings. The normalized spacial score (nSPS) is 11.8. The highest BCUT2D eigenvalue weighted by molar-refractivity contribution is 5.69. The van der Waals surface area contributed by atoms with Crippen molar-refractivity contribution in [2.24, 2.45) is 0 Å². The molecule has 0 unspecified atom stereocenters. The van der Waals surface area contributed by atoms with Gasteiger partial charge in [-0.25, -0.2) is 0 Å². The maximum absolute atomic E-state index is 11.9. The number of esters is 2. The first-order valence-electron chi connectivity index (χ1n) is 18.5. The largest absolute Gasteiger partial charge is 0.466 e. The summed E-state index contributed by atoms with van der Waals surface area (Å²) in [4.78, 5) is 23.8. The highest BCUT2D eigenvalue weighted by Gasteiger charge is 2.05. The van der Waals surface area contributed by atoms with Gasteiger partial charge in [-0.2, -0.15) is 0 Å². The number of carbonyl (C=O) groups excluding carboxylic acids is 2. The van der Waals surface area contributed by atoms with Gasteiger partial charge in [0, 0.05) is 19.3 Å². The van der Waals surface area contributed by atoms with E-state index >= 15 is 0 Å². The molecule has 0 aliphatic carbocycles. The Morgan fingerprint density at radius 1 is 0.395 bits per heavy atom. The van der Waals surface area contributed by atoms with Gasteiger partial charge in [-0.1, -0.05) is 134 Å². The van der Waals surface area contributed by atoms with Crippen LogP contribution in [-0.4, -0.2) is 25.2 Å². The molecule has 0 aromatic heterocycles. The number of rotatable bonds is 33. The topological polar surface area (TPSA) is 52.6 Å². The van der Waals surface area contributed by atoms with Crippen LogP contribution in [0.1, 0.15) is 187 Å². The molecule has 0 rings (SSSR count). The van der Waals surface area contributed by atoms with Crippen LogP contribution in [0.5, 0.6) is 0 Å². The SMILES string of the molecule is CCCCC/C=C\C/C=C\CCCCCCCC(=O)OCCCOC(=O)CCCCCCC/C=C\CCCCCCCC. The Kier molecular flexibility index (Phi) is 34.8. The van der Waals surface area contributed by atoms with Gasteiger partial charge in [0.15, 0.2) is 0 Å². The van der Waals surface area contributed by atoms with Gasteiger partial charge >= 0.3 is 11.9 Å². The summed E-state index contributed by atoms with van der Waals surface area (Å²) in [6, 6.07) is 0. The molecule has 4 heteroatoms. The van der Waals surface area contributed by atoms with Gasteiger partial charge in [-0.05, 0) is 70.6 Å².